The van der Waals surface area contributed by atoms with E-state index >= 15 is 0 Å². The Hall–Kier alpha value is -0.180. The highest BCUT2D eigenvalue weighted by atomic mass is 32.2. The van der Waals surface area contributed by atoms with E-state index in [0.29, 0.717) is 10.7 Å². The van der Waals surface area contributed by atoms with Crippen LogP contribution in [-0.4, -0.2) is 17.0 Å². The first kappa shape index (κ1) is 14.8. The van der Waals surface area contributed by atoms with Gasteiger partial charge in [-0.05, 0) is 24.7 Å². The number of carbonyl (C=O) groups is 1. The molecule has 15 heavy (non-hydrogen) atoms. The van der Waals surface area contributed by atoms with Crippen LogP contribution in [0.3, 0.4) is 0 Å². The highest BCUT2D eigenvalue weighted by Gasteiger charge is 2.13. The van der Waals surface area contributed by atoms with Crippen LogP contribution in [0, 0.1) is 5.41 Å². The van der Waals surface area contributed by atoms with Crippen LogP contribution in [0.2, 0.25) is 0 Å². The molecule has 0 radical (unpaired) electrons. The van der Waals surface area contributed by atoms with Gasteiger partial charge in [0.15, 0.2) is 0 Å². The summed E-state index contributed by atoms with van der Waals surface area (Å²) in [5.74, 6) is 0. The molecule has 0 heterocycles. The summed E-state index contributed by atoms with van der Waals surface area (Å²) in [6.07, 6.45) is 3.16. The van der Waals surface area contributed by atoms with Crippen molar-refractivity contribution in [1.29, 1.82) is 0 Å². The molecule has 0 bridgehead atoms. The summed E-state index contributed by atoms with van der Waals surface area (Å²) in [5, 5.41) is 3.57. The number of hydrogen-bond donors (Lipinski definition) is 1. The van der Waals surface area contributed by atoms with E-state index < -0.39 is 0 Å². The minimum absolute atomic E-state index is 0.132. The SMILES string of the molecule is CCC(CC)SC(=O)NCCC(C)(C)C. The first-order valence-electron chi connectivity index (χ1n) is 5.83. The largest absolute Gasteiger partial charge is 0.347 e. The van der Waals surface area contributed by atoms with E-state index in [0.717, 1.165) is 25.8 Å². The van der Waals surface area contributed by atoms with Gasteiger partial charge in [0.2, 0.25) is 0 Å². The maximum absolute atomic E-state index is 11.5. The Balaban J connectivity index is 3.66. The molecule has 0 aromatic rings. The van der Waals surface area contributed by atoms with Crippen LogP contribution in [0.1, 0.15) is 53.9 Å². The molecule has 0 atom stereocenters. The molecule has 1 N–H and O–H groups in total. The molecule has 0 saturated heterocycles. The summed E-state index contributed by atoms with van der Waals surface area (Å²) in [4.78, 5) is 11.5. The number of rotatable bonds is 5. The second-order valence-corrected chi connectivity index (χ2v) is 6.35. The molecule has 0 aliphatic heterocycles. The van der Waals surface area contributed by atoms with Crippen molar-refractivity contribution < 1.29 is 4.79 Å². The van der Waals surface area contributed by atoms with Crippen molar-refractivity contribution in [3.63, 3.8) is 0 Å². The molecular formula is C12H25NOS. The molecular weight excluding hydrogens is 206 g/mol. The molecule has 0 saturated carbocycles. The lowest BCUT2D eigenvalue weighted by atomic mass is 9.92. The zero-order valence-corrected chi connectivity index (χ0v) is 11.5. The third-order valence-electron chi connectivity index (χ3n) is 2.33. The molecule has 0 unspecified atom stereocenters. The summed E-state index contributed by atoms with van der Waals surface area (Å²) in [6.45, 7) is 11.6. The van der Waals surface area contributed by atoms with Gasteiger partial charge in [0, 0.05) is 11.8 Å². The van der Waals surface area contributed by atoms with Gasteiger partial charge in [-0.3, -0.25) is 4.79 Å². The van der Waals surface area contributed by atoms with Crippen LogP contribution in [0.15, 0.2) is 0 Å². The van der Waals surface area contributed by atoms with E-state index in [4.69, 9.17) is 0 Å². The Labute approximate surface area is 98.6 Å². The maximum Gasteiger partial charge on any atom is 0.279 e. The third-order valence-corrected chi connectivity index (χ3v) is 3.69. The molecule has 0 fully saturated rings. The highest BCUT2D eigenvalue weighted by molar-refractivity contribution is 8.14. The van der Waals surface area contributed by atoms with Crippen molar-refractivity contribution in [3.05, 3.63) is 0 Å². The van der Waals surface area contributed by atoms with E-state index in [1.165, 1.54) is 11.8 Å². The molecule has 0 spiro atoms. The molecule has 1 amide bonds. The van der Waals surface area contributed by atoms with Crippen molar-refractivity contribution in [2.75, 3.05) is 6.54 Å². The summed E-state index contributed by atoms with van der Waals surface area (Å²) in [6, 6.07) is 0. The average molecular weight is 231 g/mol. The van der Waals surface area contributed by atoms with E-state index in [-0.39, 0.29) is 5.24 Å². The van der Waals surface area contributed by atoms with Gasteiger partial charge in [-0.1, -0.05) is 46.4 Å². The molecule has 3 heteroatoms. The fourth-order valence-electron chi connectivity index (χ4n) is 1.19. The first-order valence-corrected chi connectivity index (χ1v) is 6.71. The number of thioether (sulfide) groups is 1. The van der Waals surface area contributed by atoms with Gasteiger partial charge >= 0.3 is 0 Å². The van der Waals surface area contributed by atoms with E-state index in [1.807, 2.05) is 0 Å². The van der Waals surface area contributed by atoms with Gasteiger partial charge in [-0.2, -0.15) is 0 Å². The van der Waals surface area contributed by atoms with E-state index in [9.17, 15) is 4.79 Å². The minimum Gasteiger partial charge on any atom is -0.347 e. The lowest BCUT2D eigenvalue weighted by molar-refractivity contribution is 0.258. The second-order valence-electron chi connectivity index (χ2n) is 5.08. The number of carbonyl (C=O) groups excluding carboxylic acids is 1. The van der Waals surface area contributed by atoms with Crippen molar-refractivity contribution in [2.24, 2.45) is 5.41 Å². The quantitative estimate of drug-likeness (QED) is 0.773. The van der Waals surface area contributed by atoms with Gasteiger partial charge in [0.1, 0.15) is 0 Å². The van der Waals surface area contributed by atoms with Gasteiger partial charge < -0.3 is 5.32 Å². The zero-order chi connectivity index (χ0) is 11.9. The van der Waals surface area contributed by atoms with E-state index in [1.54, 1.807) is 0 Å². The van der Waals surface area contributed by atoms with Crippen molar-refractivity contribution in [2.45, 2.75) is 59.1 Å². The Bertz CT molecular complexity index is 183. The number of amides is 1. The van der Waals surface area contributed by atoms with Gasteiger partial charge in [-0.25, -0.2) is 0 Å². The summed E-state index contributed by atoms with van der Waals surface area (Å²) < 4.78 is 0. The maximum atomic E-state index is 11.5. The van der Waals surface area contributed by atoms with Crippen molar-refractivity contribution in [1.82, 2.24) is 5.32 Å². The average Bonchev–Trinajstić information content (AvgIpc) is 2.12. The van der Waals surface area contributed by atoms with Gasteiger partial charge in [0.25, 0.3) is 5.24 Å². The molecule has 90 valence electrons. The molecule has 0 aromatic heterocycles. The summed E-state index contributed by atoms with van der Waals surface area (Å²) in [7, 11) is 0. The lowest BCUT2D eigenvalue weighted by Crippen LogP contribution is -2.25. The number of nitrogens with one attached hydrogen (secondary N) is 1. The first-order chi connectivity index (χ1) is 6.89. The Kier molecular flexibility index (Phi) is 7.07. The van der Waals surface area contributed by atoms with Crippen molar-refractivity contribution in [3.8, 4) is 0 Å². The summed E-state index contributed by atoms with van der Waals surface area (Å²) >= 11 is 1.45. The van der Waals surface area contributed by atoms with Crippen LogP contribution in [0.5, 0.6) is 0 Å². The predicted molar refractivity (Wildman–Crippen MR) is 69.4 cm³/mol. The normalized spacial score (nSPS) is 11.9. The fourth-order valence-corrected chi connectivity index (χ4v) is 2.01. The molecule has 0 aromatic carbocycles. The molecule has 2 nitrogen and oxygen atoms in total. The van der Waals surface area contributed by atoms with Crippen LogP contribution >= 0.6 is 11.8 Å². The second kappa shape index (κ2) is 7.15. The smallest absolute Gasteiger partial charge is 0.279 e. The Morgan fingerprint density at radius 1 is 1.27 bits per heavy atom. The number of hydrogen-bond acceptors (Lipinski definition) is 2. The van der Waals surface area contributed by atoms with Crippen molar-refractivity contribution >= 4 is 17.0 Å². The molecule has 0 aliphatic carbocycles. The van der Waals surface area contributed by atoms with E-state index in [2.05, 4.69) is 39.9 Å². The van der Waals surface area contributed by atoms with Gasteiger partial charge in [0.05, 0.1) is 0 Å². The Morgan fingerprint density at radius 2 is 1.80 bits per heavy atom. The third kappa shape index (κ3) is 8.79. The lowest BCUT2D eigenvalue weighted by Gasteiger charge is -2.18. The highest BCUT2D eigenvalue weighted by Crippen LogP contribution is 2.20. The predicted octanol–water partition coefficient (Wildman–Crippen LogP) is 4.05. The van der Waals surface area contributed by atoms with Crippen LogP contribution in [0.4, 0.5) is 4.79 Å². The molecule has 0 aliphatic rings. The fraction of sp³-hybridized carbons (Fsp3) is 0.917. The summed E-state index contributed by atoms with van der Waals surface area (Å²) in [5.41, 5.74) is 0.298. The van der Waals surface area contributed by atoms with Gasteiger partial charge in [-0.15, -0.1) is 0 Å². The van der Waals surface area contributed by atoms with Crippen LogP contribution in [-0.2, 0) is 0 Å². The minimum atomic E-state index is 0.132. The van der Waals surface area contributed by atoms with Crippen LogP contribution in [0.25, 0.3) is 0 Å². The topological polar surface area (TPSA) is 29.1 Å². The zero-order valence-electron chi connectivity index (χ0n) is 10.7. The molecule has 0 rings (SSSR count). The van der Waals surface area contributed by atoms with Crippen LogP contribution < -0.4 is 5.32 Å². The monoisotopic (exact) mass is 231 g/mol. The standard InChI is InChI=1S/C12H25NOS/c1-6-10(7-2)15-11(14)13-9-8-12(3,4)5/h10H,6-9H2,1-5H3,(H,13,14). The Morgan fingerprint density at radius 3 is 2.20 bits per heavy atom.